The number of ketones is 1. The third kappa shape index (κ3) is 2.83. The predicted molar refractivity (Wildman–Crippen MR) is 109 cm³/mol. The van der Waals surface area contributed by atoms with Gasteiger partial charge in [-0.1, -0.05) is 18.2 Å². The molecule has 3 aromatic rings. The van der Waals surface area contributed by atoms with Crippen LogP contribution in [0.4, 0.5) is 5.69 Å². The number of Topliss-reactive ketones (excluding diaryl/α,β-unsaturated/α-hetero) is 1. The molecule has 0 bridgehead atoms. The van der Waals surface area contributed by atoms with E-state index in [1.165, 1.54) is 18.3 Å². The molecule has 4 nitrogen and oxygen atoms in total. The van der Waals surface area contributed by atoms with Crippen LogP contribution in [0.25, 0.3) is 17.3 Å². The number of thiazole rings is 1. The normalized spacial score (nSPS) is 14.0. The van der Waals surface area contributed by atoms with Gasteiger partial charge in [-0.2, -0.15) is 0 Å². The van der Waals surface area contributed by atoms with Gasteiger partial charge in [-0.3, -0.25) is 14.4 Å². The lowest BCUT2D eigenvalue weighted by Crippen LogP contribution is -1.96. The highest BCUT2D eigenvalue weighted by atomic mass is 32.1. The number of benzene rings is 2. The minimum absolute atomic E-state index is 0.000652. The van der Waals surface area contributed by atoms with Crippen LogP contribution in [0, 0.1) is 3.95 Å². The lowest BCUT2D eigenvalue weighted by Gasteiger charge is -2.05. The lowest BCUT2D eigenvalue weighted by molar-refractivity contribution is 0.101. The van der Waals surface area contributed by atoms with Gasteiger partial charge in [-0.05, 0) is 55.5 Å². The van der Waals surface area contributed by atoms with Gasteiger partial charge < -0.3 is 5.11 Å². The summed E-state index contributed by atoms with van der Waals surface area (Å²) in [5, 5.41) is 10.7. The minimum Gasteiger partial charge on any atom is -0.493 e. The first-order valence-electron chi connectivity index (χ1n) is 7.96. The van der Waals surface area contributed by atoms with Crippen molar-refractivity contribution >= 4 is 52.9 Å². The molecule has 0 atom stereocenters. The first-order chi connectivity index (χ1) is 12.5. The Kier molecular flexibility index (Phi) is 4.14. The summed E-state index contributed by atoms with van der Waals surface area (Å²) in [7, 11) is 0. The van der Waals surface area contributed by atoms with Gasteiger partial charge in [-0.15, -0.1) is 11.3 Å². The van der Waals surface area contributed by atoms with E-state index in [2.05, 4.69) is 4.99 Å². The molecule has 0 amide bonds. The molecule has 2 heterocycles. The molecule has 0 saturated heterocycles. The summed E-state index contributed by atoms with van der Waals surface area (Å²) in [6, 6.07) is 14.9. The number of nitrogens with zero attached hydrogens (tertiary/aromatic N) is 2. The van der Waals surface area contributed by atoms with Crippen LogP contribution in [0.3, 0.4) is 0 Å². The molecule has 2 aromatic carbocycles. The summed E-state index contributed by atoms with van der Waals surface area (Å²) < 4.78 is 2.14. The molecule has 6 heteroatoms. The Morgan fingerprint density at radius 3 is 2.65 bits per heavy atom. The molecule has 0 radical (unpaired) electrons. The van der Waals surface area contributed by atoms with Gasteiger partial charge in [0.2, 0.25) is 5.88 Å². The highest BCUT2D eigenvalue weighted by Gasteiger charge is 2.16. The van der Waals surface area contributed by atoms with Crippen molar-refractivity contribution in [2.45, 2.75) is 6.92 Å². The van der Waals surface area contributed by atoms with Crippen LogP contribution in [-0.4, -0.2) is 21.7 Å². The number of carbonyl (C=O) groups excluding carboxylic acids is 1. The summed E-state index contributed by atoms with van der Waals surface area (Å²) in [6.45, 7) is 1.52. The SMILES string of the molecule is CC(=O)c1ccc(-n2c(O)c(/C=C3\C=Nc4ccccc43)sc2=S)cc1. The molecule has 1 aliphatic heterocycles. The number of hydrogen-bond donors (Lipinski definition) is 1. The van der Waals surface area contributed by atoms with Crippen molar-refractivity contribution < 1.29 is 9.90 Å². The number of carbonyl (C=O) groups is 1. The van der Waals surface area contributed by atoms with Crippen molar-refractivity contribution in [1.29, 1.82) is 0 Å². The van der Waals surface area contributed by atoms with E-state index in [0.717, 1.165) is 22.5 Å². The van der Waals surface area contributed by atoms with Gasteiger partial charge in [0.15, 0.2) is 9.74 Å². The van der Waals surface area contributed by atoms with Crippen LogP contribution in [0.5, 0.6) is 5.88 Å². The molecule has 0 aliphatic carbocycles. The van der Waals surface area contributed by atoms with E-state index in [-0.39, 0.29) is 11.7 Å². The Labute approximate surface area is 159 Å². The van der Waals surface area contributed by atoms with Gasteiger partial charge in [0.1, 0.15) is 0 Å². The van der Waals surface area contributed by atoms with Gasteiger partial charge in [0.25, 0.3) is 0 Å². The fraction of sp³-hybridized carbons (Fsp3) is 0.0500. The maximum atomic E-state index is 11.4. The lowest BCUT2D eigenvalue weighted by atomic mass is 10.1. The van der Waals surface area contributed by atoms with E-state index >= 15 is 0 Å². The topological polar surface area (TPSA) is 54.6 Å². The van der Waals surface area contributed by atoms with Crippen molar-refractivity contribution in [2.24, 2.45) is 4.99 Å². The Balaban J connectivity index is 1.77. The predicted octanol–water partition coefficient (Wildman–Crippen LogP) is 5.43. The third-order valence-electron chi connectivity index (χ3n) is 4.19. The van der Waals surface area contributed by atoms with Gasteiger partial charge in [-0.25, -0.2) is 0 Å². The fourth-order valence-corrected chi connectivity index (χ4v) is 4.15. The zero-order chi connectivity index (χ0) is 18.3. The number of aromatic nitrogens is 1. The first kappa shape index (κ1) is 16.6. The zero-order valence-corrected chi connectivity index (χ0v) is 15.5. The average Bonchev–Trinajstić information content (AvgIpc) is 3.16. The molecule has 0 unspecified atom stereocenters. The largest absolute Gasteiger partial charge is 0.493 e. The quantitative estimate of drug-likeness (QED) is 0.488. The highest BCUT2D eigenvalue weighted by Crippen LogP contribution is 2.36. The smallest absolute Gasteiger partial charge is 0.215 e. The van der Waals surface area contributed by atoms with Crippen molar-refractivity contribution in [1.82, 2.24) is 4.57 Å². The van der Waals surface area contributed by atoms with Crippen LogP contribution in [0.1, 0.15) is 27.7 Å². The Morgan fingerprint density at radius 1 is 1.19 bits per heavy atom. The Morgan fingerprint density at radius 2 is 1.92 bits per heavy atom. The average molecular weight is 378 g/mol. The maximum absolute atomic E-state index is 11.4. The molecular formula is C20H14N2O2S2. The number of hydrogen-bond acceptors (Lipinski definition) is 5. The van der Waals surface area contributed by atoms with E-state index in [9.17, 15) is 9.90 Å². The molecule has 1 aliphatic rings. The van der Waals surface area contributed by atoms with Crippen LogP contribution in [-0.2, 0) is 0 Å². The van der Waals surface area contributed by atoms with E-state index in [0.29, 0.717) is 14.4 Å². The molecule has 128 valence electrons. The summed E-state index contributed by atoms with van der Waals surface area (Å²) in [6.07, 6.45) is 3.68. The number of rotatable bonds is 3. The summed E-state index contributed by atoms with van der Waals surface area (Å²) in [5.41, 5.74) is 4.23. The number of aromatic hydroxyl groups is 1. The second-order valence-corrected chi connectivity index (χ2v) is 7.55. The van der Waals surface area contributed by atoms with Crippen LogP contribution < -0.4 is 0 Å². The standard InChI is InChI=1S/C20H14N2O2S2/c1-12(23)13-6-8-15(9-7-13)22-19(24)18(26-20(22)25)10-14-11-21-17-5-3-2-4-16(14)17/h2-11,24H,1H3/b14-10+. The zero-order valence-electron chi connectivity index (χ0n) is 13.8. The summed E-state index contributed by atoms with van der Waals surface area (Å²) >= 11 is 6.77. The highest BCUT2D eigenvalue weighted by molar-refractivity contribution is 7.73. The summed E-state index contributed by atoms with van der Waals surface area (Å²) in [5.74, 6) is 0.0835. The van der Waals surface area contributed by atoms with Crippen molar-refractivity contribution in [3.63, 3.8) is 0 Å². The number of fused-ring (bicyclic) bond motifs is 1. The number of para-hydroxylation sites is 1. The third-order valence-corrected chi connectivity index (χ3v) is 5.50. The van der Waals surface area contributed by atoms with Crippen LogP contribution >= 0.6 is 23.6 Å². The fourth-order valence-electron chi connectivity index (χ4n) is 2.84. The molecular weight excluding hydrogens is 364 g/mol. The molecule has 26 heavy (non-hydrogen) atoms. The van der Waals surface area contributed by atoms with Gasteiger partial charge in [0, 0.05) is 22.9 Å². The van der Waals surface area contributed by atoms with E-state index in [1.807, 2.05) is 30.3 Å². The van der Waals surface area contributed by atoms with Crippen molar-refractivity contribution in [3.8, 4) is 11.6 Å². The van der Waals surface area contributed by atoms with Crippen molar-refractivity contribution in [3.05, 3.63) is 68.5 Å². The molecule has 1 N–H and O–H groups in total. The summed E-state index contributed by atoms with van der Waals surface area (Å²) in [4.78, 5) is 16.5. The second kappa shape index (κ2) is 6.48. The Bertz CT molecular complexity index is 1140. The van der Waals surface area contributed by atoms with Gasteiger partial charge in [0.05, 0.1) is 16.3 Å². The second-order valence-electron chi connectivity index (χ2n) is 5.87. The van der Waals surface area contributed by atoms with Crippen LogP contribution in [0.2, 0.25) is 0 Å². The van der Waals surface area contributed by atoms with Crippen molar-refractivity contribution in [2.75, 3.05) is 0 Å². The molecule has 0 saturated carbocycles. The number of allylic oxidation sites excluding steroid dienone is 1. The maximum Gasteiger partial charge on any atom is 0.215 e. The Hall–Kier alpha value is -2.83. The van der Waals surface area contributed by atoms with E-state index < -0.39 is 0 Å². The molecule has 0 fully saturated rings. The van der Waals surface area contributed by atoms with E-state index in [1.54, 1.807) is 35.0 Å². The first-order valence-corrected chi connectivity index (χ1v) is 9.18. The van der Waals surface area contributed by atoms with Crippen LogP contribution in [0.15, 0.2) is 53.5 Å². The number of aliphatic imine (C=N–C) groups is 1. The monoisotopic (exact) mass is 378 g/mol. The van der Waals surface area contributed by atoms with Gasteiger partial charge >= 0.3 is 0 Å². The molecule has 0 spiro atoms. The molecule has 1 aromatic heterocycles. The van der Waals surface area contributed by atoms with E-state index in [4.69, 9.17) is 12.2 Å². The minimum atomic E-state index is -0.000652. The molecule has 4 rings (SSSR count).